The Morgan fingerprint density at radius 1 is 1.10 bits per heavy atom. The van der Waals surface area contributed by atoms with Crippen LogP contribution in [0.3, 0.4) is 0 Å². The van der Waals surface area contributed by atoms with Crippen LogP contribution >= 0.6 is 23.2 Å². The van der Waals surface area contributed by atoms with Crippen molar-refractivity contribution in [3.05, 3.63) is 52.0 Å². The van der Waals surface area contributed by atoms with Gasteiger partial charge in [0.25, 0.3) is 5.91 Å². The molecule has 2 aromatic carbocycles. The highest BCUT2D eigenvalue weighted by atomic mass is 35.5. The molecule has 1 aliphatic rings. The number of hydrogen-bond donors (Lipinski definition) is 1. The first-order valence-corrected chi connectivity index (χ1v) is 11.1. The minimum Gasteiger partial charge on any atom is -0.378 e. The van der Waals surface area contributed by atoms with Crippen molar-refractivity contribution in [3.8, 4) is 0 Å². The lowest BCUT2D eigenvalue weighted by Crippen LogP contribution is -2.37. The van der Waals surface area contributed by atoms with Gasteiger partial charge in [0.1, 0.15) is 0 Å². The third-order valence-corrected chi connectivity index (χ3v) is 6.88. The summed E-state index contributed by atoms with van der Waals surface area (Å²) in [5, 5.41) is 3.48. The Morgan fingerprint density at radius 2 is 1.79 bits per heavy atom. The van der Waals surface area contributed by atoms with E-state index >= 15 is 0 Å². The molecular weight excluding hydrogens is 437 g/mol. The first-order chi connectivity index (χ1) is 13.7. The van der Waals surface area contributed by atoms with Crippen LogP contribution in [0.25, 0.3) is 0 Å². The molecule has 1 amide bonds. The van der Waals surface area contributed by atoms with Crippen LogP contribution in [0.4, 0.5) is 11.4 Å². The van der Waals surface area contributed by atoms with E-state index in [4.69, 9.17) is 27.9 Å². The number of anilines is 2. The zero-order valence-electron chi connectivity index (χ0n) is 16.0. The molecule has 29 heavy (non-hydrogen) atoms. The van der Waals surface area contributed by atoms with Gasteiger partial charge in [-0.25, -0.2) is 12.7 Å². The predicted octanol–water partition coefficient (Wildman–Crippen LogP) is 3.33. The summed E-state index contributed by atoms with van der Waals surface area (Å²) < 4.78 is 31.6. The Morgan fingerprint density at radius 3 is 2.41 bits per heavy atom. The summed E-state index contributed by atoms with van der Waals surface area (Å²) in [5.74, 6) is -0.466. The number of amides is 1. The minimum absolute atomic E-state index is 0.0341. The number of rotatable bonds is 5. The van der Waals surface area contributed by atoms with Crippen molar-refractivity contribution >= 4 is 50.5 Å². The standard InChI is InChI=1S/C19H21Cl2N3O4S/c1-23(2)29(26,27)14-4-6-18(24-7-9-28-10-8-24)15(12-14)19(25)22-17-5-3-13(20)11-16(17)21/h3-6,11-12H,7-10H2,1-2H3,(H,22,25). The van der Waals surface area contributed by atoms with Crippen molar-refractivity contribution in [2.24, 2.45) is 0 Å². The zero-order valence-corrected chi connectivity index (χ0v) is 18.3. The lowest BCUT2D eigenvalue weighted by molar-refractivity contribution is 0.102. The van der Waals surface area contributed by atoms with E-state index in [9.17, 15) is 13.2 Å². The second kappa shape index (κ2) is 8.89. The Bertz CT molecular complexity index is 1020. The van der Waals surface area contributed by atoms with Gasteiger partial charge < -0.3 is 15.0 Å². The molecule has 1 N–H and O–H groups in total. The average Bonchev–Trinajstić information content (AvgIpc) is 2.70. The molecule has 0 spiro atoms. The van der Waals surface area contributed by atoms with Gasteiger partial charge in [-0.1, -0.05) is 23.2 Å². The van der Waals surface area contributed by atoms with Crippen LogP contribution in [-0.4, -0.2) is 59.0 Å². The maximum Gasteiger partial charge on any atom is 0.257 e. The van der Waals surface area contributed by atoms with Crippen LogP contribution in [0.2, 0.25) is 10.0 Å². The predicted molar refractivity (Wildman–Crippen MR) is 115 cm³/mol. The molecule has 0 atom stereocenters. The number of sulfonamides is 1. The first kappa shape index (κ1) is 21.9. The number of hydrogen-bond acceptors (Lipinski definition) is 5. The number of nitrogens with one attached hydrogen (secondary N) is 1. The van der Waals surface area contributed by atoms with Gasteiger partial charge in [0.2, 0.25) is 10.0 Å². The lowest BCUT2D eigenvalue weighted by Gasteiger charge is -2.30. The highest BCUT2D eigenvalue weighted by molar-refractivity contribution is 7.89. The number of morpholine rings is 1. The minimum atomic E-state index is -3.70. The van der Waals surface area contributed by atoms with Crippen molar-refractivity contribution in [2.75, 3.05) is 50.6 Å². The molecule has 10 heteroatoms. The van der Waals surface area contributed by atoms with Crippen molar-refractivity contribution in [1.29, 1.82) is 0 Å². The van der Waals surface area contributed by atoms with Crippen molar-refractivity contribution in [2.45, 2.75) is 4.90 Å². The summed E-state index contributed by atoms with van der Waals surface area (Å²) in [7, 11) is -0.815. The quantitative estimate of drug-likeness (QED) is 0.744. The van der Waals surface area contributed by atoms with Gasteiger partial charge in [0.15, 0.2) is 0 Å². The van der Waals surface area contributed by atoms with Crippen LogP contribution in [0.15, 0.2) is 41.3 Å². The van der Waals surface area contributed by atoms with E-state index in [1.807, 2.05) is 4.90 Å². The molecule has 156 valence electrons. The van der Waals surface area contributed by atoms with Gasteiger partial charge in [-0.05, 0) is 36.4 Å². The molecule has 0 saturated carbocycles. The fourth-order valence-corrected chi connectivity index (χ4v) is 4.31. The molecule has 1 aliphatic heterocycles. The number of carbonyl (C=O) groups excluding carboxylic acids is 1. The Labute approximate surface area is 180 Å². The number of nitrogens with zero attached hydrogens (tertiary/aromatic N) is 2. The van der Waals surface area contributed by atoms with Crippen LogP contribution in [0.5, 0.6) is 0 Å². The highest BCUT2D eigenvalue weighted by Gasteiger charge is 2.24. The third kappa shape index (κ3) is 4.84. The molecule has 2 aromatic rings. The van der Waals surface area contributed by atoms with Gasteiger partial charge in [-0.15, -0.1) is 0 Å². The maximum atomic E-state index is 13.1. The van der Waals surface area contributed by atoms with Crippen LogP contribution in [-0.2, 0) is 14.8 Å². The monoisotopic (exact) mass is 457 g/mol. The summed E-state index contributed by atoms with van der Waals surface area (Å²) in [6.07, 6.45) is 0. The van der Waals surface area contributed by atoms with Crippen molar-refractivity contribution in [1.82, 2.24) is 4.31 Å². The van der Waals surface area contributed by atoms with E-state index < -0.39 is 15.9 Å². The number of benzene rings is 2. The van der Waals surface area contributed by atoms with E-state index in [0.29, 0.717) is 42.7 Å². The molecule has 0 aromatic heterocycles. The molecule has 0 radical (unpaired) electrons. The molecule has 1 heterocycles. The Balaban J connectivity index is 2.03. The van der Waals surface area contributed by atoms with E-state index in [0.717, 1.165) is 4.31 Å². The van der Waals surface area contributed by atoms with Crippen LogP contribution < -0.4 is 10.2 Å². The van der Waals surface area contributed by atoms with E-state index in [2.05, 4.69) is 5.32 Å². The summed E-state index contributed by atoms with van der Waals surface area (Å²) in [5.41, 5.74) is 1.25. The lowest BCUT2D eigenvalue weighted by atomic mass is 10.1. The average molecular weight is 458 g/mol. The van der Waals surface area contributed by atoms with Gasteiger partial charge in [0, 0.05) is 37.9 Å². The SMILES string of the molecule is CN(C)S(=O)(=O)c1ccc(N2CCOCC2)c(C(=O)Nc2ccc(Cl)cc2Cl)c1. The molecule has 0 aliphatic carbocycles. The zero-order chi connectivity index (χ0) is 21.2. The van der Waals surface area contributed by atoms with Crippen LogP contribution in [0, 0.1) is 0 Å². The van der Waals surface area contributed by atoms with E-state index in [1.54, 1.807) is 18.2 Å². The molecule has 1 saturated heterocycles. The molecule has 7 nitrogen and oxygen atoms in total. The number of ether oxygens (including phenoxy) is 1. The van der Waals surface area contributed by atoms with Crippen molar-refractivity contribution < 1.29 is 17.9 Å². The largest absolute Gasteiger partial charge is 0.378 e. The van der Waals surface area contributed by atoms with E-state index in [-0.39, 0.29) is 15.5 Å². The van der Waals surface area contributed by atoms with Gasteiger partial charge in [0.05, 0.1) is 34.4 Å². The maximum absolute atomic E-state index is 13.1. The normalized spacial score (nSPS) is 14.9. The molecule has 0 bridgehead atoms. The smallest absolute Gasteiger partial charge is 0.257 e. The molecule has 0 unspecified atom stereocenters. The topological polar surface area (TPSA) is 79.0 Å². The Hall–Kier alpha value is -1.84. The number of carbonyl (C=O) groups is 1. The highest BCUT2D eigenvalue weighted by Crippen LogP contribution is 2.29. The third-order valence-electron chi connectivity index (χ3n) is 4.52. The van der Waals surface area contributed by atoms with Gasteiger partial charge >= 0.3 is 0 Å². The fourth-order valence-electron chi connectivity index (χ4n) is 2.93. The number of halogens is 2. The summed E-state index contributed by atoms with van der Waals surface area (Å²) in [6, 6.07) is 9.27. The molecular formula is C19H21Cl2N3O4S. The van der Waals surface area contributed by atoms with Gasteiger partial charge in [-0.2, -0.15) is 0 Å². The second-order valence-corrected chi connectivity index (χ2v) is 9.64. The van der Waals surface area contributed by atoms with Gasteiger partial charge in [-0.3, -0.25) is 4.79 Å². The molecule has 1 fully saturated rings. The Kier molecular flexibility index (Phi) is 6.70. The second-order valence-electron chi connectivity index (χ2n) is 6.64. The summed E-state index contributed by atoms with van der Waals surface area (Å²) >= 11 is 12.1. The van der Waals surface area contributed by atoms with Crippen LogP contribution in [0.1, 0.15) is 10.4 Å². The molecule has 3 rings (SSSR count). The summed E-state index contributed by atoms with van der Waals surface area (Å²) in [6.45, 7) is 2.26. The van der Waals surface area contributed by atoms with Crippen molar-refractivity contribution in [3.63, 3.8) is 0 Å². The first-order valence-electron chi connectivity index (χ1n) is 8.86. The van der Waals surface area contributed by atoms with E-state index in [1.165, 1.54) is 32.3 Å². The summed E-state index contributed by atoms with van der Waals surface area (Å²) in [4.78, 5) is 15.1. The fraction of sp³-hybridized carbons (Fsp3) is 0.316.